The summed E-state index contributed by atoms with van der Waals surface area (Å²) in [5.74, 6) is 0.358. The molecule has 0 aliphatic heterocycles. The molecule has 1 N–H and O–H groups in total. The average molecular weight is 300 g/mol. The van der Waals surface area contributed by atoms with Crippen molar-refractivity contribution in [3.8, 4) is 0 Å². The molecule has 22 heavy (non-hydrogen) atoms. The van der Waals surface area contributed by atoms with E-state index in [0.29, 0.717) is 13.0 Å². The summed E-state index contributed by atoms with van der Waals surface area (Å²) in [5.41, 5.74) is 2.22. The first-order chi connectivity index (χ1) is 10.6. The van der Waals surface area contributed by atoms with E-state index < -0.39 is 0 Å². The van der Waals surface area contributed by atoms with Crippen molar-refractivity contribution < 1.29 is 9.90 Å². The predicted octanol–water partition coefficient (Wildman–Crippen LogP) is 2.34. The van der Waals surface area contributed by atoms with Gasteiger partial charge in [0.1, 0.15) is 0 Å². The van der Waals surface area contributed by atoms with Crippen LogP contribution in [0.4, 0.5) is 0 Å². The van der Waals surface area contributed by atoms with Gasteiger partial charge in [0.15, 0.2) is 0 Å². The van der Waals surface area contributed by atoms with Gasteiger partial charge < -0.3 is 14.6 Å². The molecule has 0 saturated heterocycles. The molecule has 1 heterocycles. The Morgan fingerprint density at radius 1 is 1.36 bits per heavy atom. The first kappa shape index (κ1) is 15.1. The minimum atomic E-state index is -0.243. The van der Waals surface area contributed by atoms with E-state index in [9.17, 15) is 9.90 Å². The van der Waals surface area contributed by atoms with Gasteiger partial charge in [0, 0.05) is 43.7 Å². The molecular weight excluding hydrogens is 276 g/mol. The number of hydrogen-bond acceptors (Lipinski definition) is 2. The van der Waals surface area contributed by atoms with Crippen molar-refractivity contribution in [2.75, 3.05) is 13.6 Å². The zero-order valence-corrected chi connectivity index (χ0v) is 13.3. The van der Waals surface area contributed by atoms with Crippen molar-refractivity contribution in [1.82, 2.24) is 9.47 Å². The maximum atomic E-state index is 12.5. The second kappa shape index (κ2) is 6.13. The molecule has 4 heteroatoms. The van der Waals surface area contributed by atoms with Crippen molar-refractivity contribution in [2.45, 2.75) is 31.8 Å². The molecule has 2 atom stereocenters. The molecule has 4 nitrogen and oxygen atoms in total. The normalized spacial score (nSPS) is 21.4. The summed E-state index contributed by atoms with van der Waals surface area (Å²) in [6.45, 7) is 0.658. The lowest BCUT2D eigenvalue weighted by Gasteiger charge is -2.23. The average Bonchev–Trinajstić information content (AvgIpc) is 3.04. The third-order valence-electron chi connectivity index (χ3n) is 4.87. The van der Waals surface area contributed by atoms with E-state index in [1.807, 2.05) is 32.4 Å². The number of carbonyl (C=O) groups is 1. The maximum Gasteiger partial charge on any atom is 0.226 e. The number of carbonyl (C=O) groups excluding carboxylic acids is 1. The highest BCUT2D eigenvalue weighted by molar-refractivity contribution is 5.89. The highest BCUT2D eigenvalue weighted by Gasteiger charge is 2.27. The van der Waals surface area contributed by atoms with E-state index in [4.69, 9.17) is 0 Å². The zero-order valence-electron chi connectivity index (χ0n) is 13.3. The van der Waals surface area contributed by atoms with E-state index in [2.05, 4.69) is 16.7 Å². The number of rotatable bonds is 4. The second-order valence-corrected chi connectivity index (χ2v) is 6.49. The van der Waals surface area contributed by atoms with E-state index >= 15 is 0 Å². The van der Waals surface area contributed by atoms with Crippen LogP contribution in [-0.2, 0) is 18.3 Å². The van der Waals surface area contributed by atoms with E-state index in [1.54, 1.807) is 4.90 Å². The van der Waals surface area contributed by atoms with Crippen molar-refractivity contribution in [1.29, 1.82) is 0 Å². The summed E-state index contributed by atoms with van der Waals surface area (Å²) in [6.07, 6.45) is 5.18. The van der Waals surface area contributed by atoms with Crippen molar-refractivity contribution in [3.63, 3.8) is 0 Å². The Morgan fingerprint density at radius 2 is 2.14 bits per heavy atom. The molecule has 0 spiro atoms. The number of fused-ring (bicyclic) bond motifs is 1. The zero-order chi connectivity index (χ0) is 15.7. The van der Waals surface area contributed by atoms with Gasteiger partial charge >= 0.3 is 0 Å². The lowest BCUT2D eigenvalue weighted by molar-refractivity contribution is -0.130. The van der Waals surface area contributed by atoms with Crippen LogP contribution in [0.3, 0.4) is 0 Å². The Kier molecular flexibility index (Phi) is 4.21. The van der Waals surface area contributed by atoms with Gasteiger partial charge in [-0.05, 0) is 24.5 Å². The van der Waals surface area contributed by atoms with Crippen LogP contribution < -0.4 is 0 Å². The number of para-hydroxylation sites is 1. The smallest absolute Gasteiger partial charge is 0.226 e. The Labute approximate surface area is 131 Å². The quantitative estimate of drug-likeness (QED) is 0.942. The summed E-state index contributed by atoms with van der Waals surface area (Å²) >= 11 is 0. The van der Waals surface area contributed by atoms with Crippen molar-refractivity contribution >= 4 is 16.8 Å². The van der Waals surface area contributed by atoms with Gasteiger partial charge in [0.2, 0.25) is 5.91 Å². The molecule has 0 bridgehead atoms. The number of aliphatic hydroxyl groups excluding tert-OH is 1. The summed E-state index contributed by atoms with van der Waals surface area (Å²) in [4.78, 5) is 14.3. The van der Waals surface area contributed by atoms with Gasteiger partial charge in [-0.25, -0.2) is 0 Å². The largest absolute Gasteiger partial charge is 0.393 e. The van der Waals surface area contributed by atoms with Crippen LogP contribution in [0.1, 0.15) is 24.8 Å². The van der Waals surface area contributed by atoms with Gasteiger partial charge in [-0.2, -0.15) is 0 Å². The number of aliphatic hydroxyl groups is 1. The lowest BCUT2D eigenvalue weighted by Crippen LogP contribution is -2.35. The topological polar surface area (TPSA) is 45.5 Å². The number of benzene rings is 1. The minimum absolute atomic E-state index is 0.121. The van der Waals surface area contributed by atoms with Crippen LogP contribution in [0.25, 0.3) is 10.9 Å². The van der Waals surface area contributed by atoms with Crippen molar-refractivity contribution in [3.05, 3.63) is 36.0 Å². The van der Waals surface area contributed by atoms with Crippen LogP contribution >= 0.6 is 0 Å². The summed E-state index contributed by atoms with van der Waals surface area (Å²) in [5, 5.41) is 11.1. The summed E-state index contributed by atoms with van der Waals surface area (Å²) in [7, 11) is 3.85. The molecular formula is C18H24N2O2. The Hall–Kier alpha value is -1.81. The lowest BCUT2D eigenvalue weighted by atomic mass is 10.0. The fourth-order valence-electron chi connectivity index (χ4n) is 3.55. The Bertz CT molecular complexity index is 677. The monoisotopic (exact) mass is 300 g/mol. The van der Waals surface area contributed by atoms with Crippen molar-refractivity contribution in [2.24, 2.45) is 13.0 Å². The van der Waals surface area contributed by atoms with E-state index in [1.165, 1.54) is 0 Å². The van der Waals surface area contributed by atoms with Gasteiger partial charge in [0.05, 0.1) is 12.5 Å². The fraction of sp³-hybridized carbons (Fsp3) is 0.500. The third kappa shape index (κ3) is 2.88. The second-order valence-electron chi connectivity index (χ2n) is 6.49. The first-order valence-corrected chi connectivity index (χ1v) is 8.01. The minimum Gasteiger partial charge on any atom is -0.393 e. The number of aryl methyl sites for hydroxylation is 1. The fourth-order valence-corrected chi connectivity index (χ4v) is 3.55. The first-order valence-electron chi connectivity index (χ1n) is 8.01. The van der Waals surface area contributed by atoms with Gasteiger partial charge in [-0.1, -0.05) is 24.6 Å². The molecule has 1 aromatic carbocycles. The van der Waals surface area contributed by atoms with Gasteiger partial charge in [0.25, 0.3) is 0 Å². The van der Waals surface area contributed by atoms with Crippen LogP contribution in [0, 0.1) is 5.92 Å². The molecule has 1 fully saturated rings. The SMILES string of the molecule is CN(CC1CCCC1O)C(=O)Cc1cn(C)c2ccccc12. The molecule has 1 aromatic heterocycles. The van der Waals surface area contributed by atoms with E-state index in [0.717, 1.165) is 35.7 Å². The number of amides is 1. The number of likely N-dealkylation sites (N-methyl/N-ethyl adjacent to an activating group) is 1. The molecule has 2 unspecified atom stereocenters. The van der Waals surface area contributed by atoms with Gasteiger partial charge in [-0.15, -0.1) is 0 Å². The number of hydrogen-bond donors (Lipinski definition) is 1. The standard InChI is InChI=1S/C18H24N2O2/c1-19-12-14(15-7-3-4-8-16(15)19)10-18(22)20(2)11-13-6-5-9-17(13)21/h3-4,7-8,12-13,17,21H,5-6,9-11H2,1-2H3. The van der Waals surface area contributed by atoms with Gasteiger partial charge in [-0.3, -0.25) is 4.79 Å². The molecule has 1 saturated carbocycles. The maximum absolute atomic E-state index is 12.5. The van der Waals surface area contributed by atoms with Crippen LogP contribution in [-0.4, -0.2) is 40.2 Å². The molecule has 1 aliphatic rings. The summed E-state index contributed by atoms with van der Waals surface area (Å²) < 4.78 is 2.07. The van der Waals surface area contributed by atoms with Crippen LogP contribution in [0.2, 0.25) is 0 Å². The molecule has 1 aliphatic carbocycles. The molecule has 3 rings (SSSR count). The molecule has 0 radical (unpaired) electrons. The van der Waals surface area contributed by atoms with Crippen LogP contribution in [0.5, 0.6) is 0 Å². The third-order valence-corrected chi connectivity index (χ3v) is 4.87. The predicted molar refractivity (Wildman–Crippen MR) is 87.6 cm³/mol. The Morgan fingerprint density at radius 3 is 2.86 bits per heavy atom. The van der Waals surface area contributed by atoms with E-state index in [-0.39, 0.29) is 17.9 Å². The number of aromatic nitrogens is 1. The molecule has 118 valence electrons. The Balaban J connectivity index is 1.70. The highest BCUT2D eigenvalue weighted by Crippen LogP contribution is 2.26. The highest BCUT2D eigenvalue weighted by atomic mass is 16.3. The summed E-state index contributed by atoms with van der Waals surface area (Å²) in [6, 6.07) is 8.16. The number of nitrogens with zero attached hydrogens (tertiary/aromatic N) is 2. The molecule has 2 aromatic rings. The molecule has 1 amide bonds. The van der Waals surface area contributed by atoms with Crippen LogP contribution in [0.15, 0.2) is 30.5 Å².